The van der Waals surface area contributed by atoms with Gasteiger partial charge in [0.1, 0.15) is 5.82 Å². The number of carbonyl (C=O) groups is 1. The van der Waals surface area contributed by atoms with Gasteiger partial charge in [-0.05, 0) is 37.5 Å². The molecule has 1 saturated heterocycles. The predicted molar refractivity (Wildman–Crippen MR) is 79.1 cm³/mol. The van der Waals surface area contributed by atoms with Crippen molar-refractivity contribution in [2.24, 2.45) is 11.1 Å². The third-order valence-electron chi connectivity index (χ3n) is 4.55. The van der Waals surface area contributed by atoms with Gasteiger partial charge in [-0.3, -0.25) is 4.79 Å². The normalized spacial score (nSPS) is 19.0. The number of rotatable bonds is 4. The number of hydrogen-bond acceptors (Lipinski definition) is 3. The van der Waals surface area contributed by atoms with E-state index in [1.807, 2.05) is 6.92 Å². The fourth-order valence-corrected chi connectivity index (χ4v) is 2.78. The van der Waals surface area contributed by atoms with Crippen LogP contribution in [0.2, 0.25) is 0 Å². The van der Waals surface area contributed by atoms with Crippen LogP contribution in [0.15, 0.2) is 24.3 Å². The standard InChI is InChI=1S/C16H23FN2O2/c1-12(13-3-5-14(17)6-4-13)19(2)15(20)16(11-18)7-9-21-10-8-16/h3-6,12H,7-11,18H2,1-2H3. The van der Waals surface area contributed by atoms with Gasteiger partial charge in [-0.2, -0.15) is 0 Å². The molecule has 5 heteroatoms. The third-order valence-corrected chi connectivity index (χ3v) is 4.55. The molecular formula is C16H23FN2O2. The van der Waals surface area contributed by atoms with E-state index in [0.717, 1.165) is 5.56 Å². The van der Waals surface area contributed by atoms with Crippen LogP contribution in [0, 0.1) is 11.2 Å². The van der Waals surface area contributed by atoms with Crippen LogP contribution in [-0.2, 0) is 9.53 Å². The monoisotopic (exact) mass is 294 g/mol. The van der Waals surface area contributed by atoms with Crippen molar-refractivity contribution in [1.29, 1.82) is 0 Å². The van der Waals surface area contributed by atoms with E-state index >= 15 is 0 Å². The first-order valence-electron chi connectivity index (χ1n) is 7.31. The van der Waals surface area contributed by atoms with Crippen molar-refractivity contribution in [3.8, 4) is 0 Å². The van der Waals surface area contributed by atoms with Gasteiger partial charge in [-0.15, -0.1) is 0 Å². The average Bonchev–Trinajstić information content (AvgIpc) is 2.54. The van der Waals surface area contributed by atoms with E-state index < -0.39 is 5.41 Å². The fourth-order valence-electron chi connectivity index (χ4n) is 2.78. The van der Waals surface area contributed by atoms with E-state index in [9.17, 15) is 9.18 Å². The minimum absolute atomic E-state index is 0.0464. The summed E-state index contributed by atoms with van der Waals surface area (Å²) in [6.07, 6.45) is 1.31. The first-order valence-corrected chi connectivity index (χ1v) is 7.31. The second kappa shape index (κ2) is 6.54. The molecule has 0 spiro atoms. The molecule has 0 saturated carbocycles. The minimum atomic E-state index is -0.526. The molecule has 2 rings (SSSR count). The Morgan fingerprint density at radius 2 is 1.95 bits per heavy atom. The summed E-state index contributed by atoms with van der Waals surface area (Å²) in [6.45, 7) is 3.41. The molecule has 4 nitrogen and oxygen atoms in total. The van der Waals surface area contributed by atoms with Crippen LogP contribution in [0.5, 0.6) is 0 Å². The molecule has 1 unspecified atom stereocenters. The summed E-state index contributed by atoms with van der Waals surface area (Å²) in [6, 6.07) is 6.13. The highest BCUT2D eigenvalue weighted by molar-refractivity contribution is 5.83. The number of benzene rings is 1. The van der Waals surface area contributed by atoms with Crippen LogP contribution in [0.25, 0.3) is 0 Å². The van der Waals surface area contributed by atoms with Gasteiger partial charge in [-0.25, -0.2) is 4.39 Å². The lowest BCUT2D eigenvalue weighted by molar-refractivity contribution is -0.147. The summed E-state index contributed by atoms with van der Waals surface area (Å²) < 4.78 is 18.4. The maximum Gasteiger partial charge on any atom is 0.230 e. The number of ether oxygens (including phenoxy) is 1. The summed E-state index contributed by atoms with van der Waals surface area (Å²) in [5.41, 5.74) is 6.27. The largest absolute Gasteiger partial charge is 0.381 e. The van der Waals surface area contributed by atoms with Crippen LogP contribution in [0.4, 0.5) is 4.39 Å². The number of amides is 1. The van der Waals surface area contributed by atoms with Gasteiger partial charge in [0.05, 0.1) is 11.5 Å². The summed E-state index contributed by atoms with van der Waals surface area (Å²) in [4.78, 5) is 14.6. The number of hydrogen-bond donors (Lipinski definition) is 1. The Labute approximate surface area is 125 Å². The summed E-state index contributed by atoms with van der Waals surface area (Å²) in [7, 11) is 1.78. The van der Waals surface area contributed by atoms with E-state index in [1.54, 1.807) is 24.1 Å². The van der Waals surface area contributed by atoms with Gasteiger partial charge in [0.25, 0.3) is 0 Å². The Balaban J connectivity index is 2.15. The summed E-state index contributed by atoms with van der Waals surface area (Å²) in [5, 5.41) is 0. The quantitative estimate of drug-likeness (QED) is 0.925. The molecule has 1 aliphatic rings. The molecule has 0 aromatic heterocycles. The predicted octanol–water partition coefficient (Wildman–Crippen LogP) is 2.10. The molecule has 1 amide bonds. The first-order chi connectivity index (χ1) is 10.00. The molecule has 1 atom stereocenters. The molecular weight excluding hydrogens is 271 g/mol. The molecule has 0 radical (unpaired) electrons. The lowest BCUT2D eigenvalue weighted by Crippen LogP contribution is -2.50. The smallest absolute Gasteiger partial charge is 0.230 e. The van der Waals surface area contributed by atoms with Crippen molar-refractivity contribution in [2.45, 2.75) is 25.8 Å². The molecule has 1 aromatic rings. The summed E-state index contributed by atoms with van der Waals surface area (Å²) in [5.74, 6) is -0.229. The van der Waals surface area contributed by atoms with Gasteiger partial charge in [0.2, 0.25) is 5.91 Å². The molecule has 2 N–H and O–H groups in total. The van der Waals surface area contributed by atoms with Gasteiger partial charge in [-0.1, -0.05) is 12.1 Å². The Morgan fingerprint density at radius 3 is 2.48 bits per heavy atom. The lowest BCUT2D eigenvalue weighted by Gasteiger charge is -2.39. The molecule has 0 bridgehead atoms. The maximum absolute atomic E-state index is 13.0. The van der Waals surface area contributed by atoms with Crippen molar-refractivity contribution >= 4 is 5.91 Å². The van der Waals surface area contributed by atoms with Crippen LogP contribution in [0.3, 0.4) is 0 Å². The Bertz CT molecular complexity index is 484. The maximum atomic E-state index is 13.0. The Hall–Kier alpha value is -1.46. The van der Waals surface area contributed by atoms with Crippen molar-refractivity contribution < 1.29 is 13.9 Å². The van der Waals surface area contributed by atoms with E-state index in [1.165, 1.54) is 12.1 Å². The van der Waals surface area contributed by atoms with Crippen molar-refractivity contribution in [2.75, 3.05) is 26.8 Å². The first kappa shape index (κ1) is 15.9. The number of carbonyl (C=O) groups excluding carboxylic acids is 1. The SMILES string of the molecule is CC(c1ccc(F)cc1)N(C)C(=O)C1(CN)CCOCC1. The highest BCUT2D eigenvalue weighted by Crippen LogP contribution is 2.34. The second-order valence-corrected chi connectivity index (χ2v) is 5.74. The van der Waals surface area contributed by atoms with E-state index in [4.69, 9.17) is 10.5 Å². The Kier molecular flexibility index (Phi) is 4.96. The third kappa shape index (κ3) is 3.24. The zero-order valence-electron chi connectivity index (χ0n) is 12.6. The Morgan fingerprint density at radius 1 is 1.38 bits per heavy atom. The topological polar surface area (TPSA) is 55.6 Å². The average molecular weight is 294 g/mol. The van der Waals surface area contributed by atoms with E-state index in [-0.39, 0.29) is 17.8 Å². The number of nitrogens with zero attached hydrogens (tertiary/aromatic N) is 1. The molecule has 21 heavy (non-hydrogen) atoms. The molecule has 1 heterocycles. The second-order valence-electron chi connectivity index (χ2n) is 5.74. The highest BCUT2D eigenvalue weighted by atomic mass is 19.1. The van der Waals surface area contributed by atoms with Crippen LogP contribution in [-0.4, -0.2) is 37.6 Å². The lowest BCUT2D eigenvalue weighted by atomic mass is 9.78. The van der Waals surface area contributed by atoms with Crippen molar-refractivity contribution in [3.63, 3.8) is 0 Å². The van der Waals surface area contributed by atoms with E-state index in [0.29, 0.717) is 32.6 Å². The molecule has 0 aliphatic carbocycles. The van der Waals surface area contributed by atoms with Gasteiger partial charge < -0.3 is 15.4 Å². The molecule has 1 fully saturated rings. The zero-order chi connectivity index (χ0) is 15.5. The fraction of sp³-hybridized carbons (Fsp3) is 0.562. The van der Waals surface area contributed by atoms with Crippen LogP contribution in [0.1, 0.15) is 31.4 Å². The number of halogens is 1. The zero-order valence-corrected chi connectivity index (χ0v) is 12.6. The van der Waals surface area contributed by atoms with Crippen LogP contribution < -0.4 is 5.73 Å². The summed E-state index contributed by atoms with van der Waals surface area (Å²) >= 11 is 0. The number of nitrogens with two attached hydrogens (primary N) is 1. The van der Waals surface area contributed by atoms with Gasteiger partial charge >= 0.3 is 0 Å². The molecule has 1 aliphatic heterocycles. The van der Waals surface area contributed by atoms with Crippen molar-refractivity contribution in [1.82, 2.24) is 4.90 Å². The highest BCUT2D eigenvalue weighted by Gasteiger charge is 2.41. The molecule has 116 valence electrons. The van der Waals surface area contributed by atoms with Crippen LogP contribution >= 0.6 is 0 Å². The van der Waals surface area contributed by atoms with Gasteiger partial charge in [0.15, 0.2) is 0 Å². The minimum Gasteiger partial charge on any atom is -0.381 e. The van der Waals surface area contributed by atoms with E-state index in [2.05, 4.69) is 0 Å². The van der Waals surface area contributed by atoms with Gasteiger partial charge in [0, 0.05) is 26.8 Å². The molecule has 1 aromatic carbocycles. The van der Waals surface area contributed by atoms with Crippen molar-refractivity contribution in [3.05, 3.63) is 35.6 Å².